The molecule has 2 nitrogen and oxygen atoms in total. The van der Waals surface area contributed by atoms with Gasteiger partial charge in [0.2, 0.25) is 0 Å². The van der Waals surface area contributed by atoms with Crippen LogP contribution in [0.2, 0.25) is 5.02 Å². The second-order valence-electron chi connectivity index (χ2n) is 2.08. The monoisotopic (exact) mass is 185 g/mol. The lowest BCUT2D eigenvalue weighted by Gasteiger charge is -2.02. The first kappa shape index (κ1) is 8.82. The van der Waals surface area contributed by atoms with Crippen molar-refractivity contribution in [1.82, 2.24) is 0 Å². The number of benzene rings is 1. The third kappa shape index (κ3) is 1.49. The van der Waals surface area contributed by atoms with E-state index in [0.29, 0.717) is 0 Å². The maximum Gasteiger partial charge on any atom is 0.145 e. The van der Waals surface area contributed by atoms with Crippen LogP contribution in [0.25, 0.3) is 0 Å². The third-order valence-electron chi connectivity index (χ3n) is 1.36. The predicted octanol–water partition coefficient (Wildman–Crippen LogP) is 2.36. The standard InChI is InChI=1S/C8H5ClFNO/c1-12-8-3-7(10)6(9)2-5(8)4-11/h2-3H,1H3. The van der Waals surface area contributed by atoms with Crippen molar-refractivity contribution in [2.75, 3.05) is 7.11 Å². The number of methoxy groups -OCH3 is 1. The Morgan fingerprint density at radius 3 is 2.75 bits per heavy atom. The summed E-state index contributed by atoms with van der Waals surface area (Å²) >= 11 is 5.44. The van der Waals surface area contributed by atoms with Crippen LogP contribution in [0.5, 0.6) is 5.75 Å². The smallest absolute Gasteiger partial charge is 0.145 e. The average Bonchev–Trinajstić information content (AvgIpc) is 2.09. The summed E-state index contributed by atoms with van der Waals surface area (Å²) in [5.74, 6) is -0.396. The zero-order valence-corrected chi connectivity index (χ0v) is 7.02. The van der Waals surface area contributed by atoms with Crippen molar-refractivity contribution in [3.05, 3.63) is 28.5 Å². The zero-order valence-electron chi connectivity index (χ0n) is 6.27. The van der Waals surface area contributed by atoms with Gasteiger partial charge in [-0.1, -0.05) is 11.6 Å². The van der Waals surface area contributed by atoms with Crippen molar-refractivity contribution in [1.29, 1.82) is 5.26 Å². The molecule has 0 bridgehead atoms. The van der Waals surface area contributed by atoms with E-state index in [1.165, 1.54) is 13.2 Å². The van der Waals surface area contributed by atoms with E-state index in [-0.39, 0.29) is 16.3 Å². The minimum absolute atomic E-state index is 0.0765. The Bertz CT molecular complexity index is 346. The van der Waals surface area contributed by atoms with Gasteiger partial charge in [0, 0.05) is 6.07 Å². The van der Waals surface area contributed by atoms with Crippen LogP contribution in [0, 0.1) is 17.1 Å². The molecule has 0 aliphatic rings. The van der Waals surface area contributed by atoms with Crippen molar-refractivity contribution >= 4 is 11.6 Å². The summed E-state index contributed by atoms with van der Waals surface area (Å²) in [7, 11) is 1.36. The normalized spacial score (nSPS) is 9.17. The van der Waals surface area contributed by atoms with Gasteiger partial charge in [0.25, 0.3) is 0 Å². The molecule has 1 rings (SSSR count). The molecule has 12 heavy (non-hydrogen) atoms. The van der Waals surface area contributed by atoms with Gasteiger partial charge in [-0.25, -0.2) is 4.39 Å². The number of hydrogen-bond donors (Lipinski definition) is 0. The number of ether oxygens (including phenoxy) is 1. The molecule has 62 valence electrons. The van der Waals surface area contributed by atoms with Crippen LogP contribution >= 0.6 is 11.6 Å². The van der Waals surface area contributed by atoms with E-state index < -0.39 is 5.82 Å². The fourth-order valence-electron chi connectivity index (χ4n) is 0.785. The average molecular weight is 186 g/mol. The minimum Gasteiger partial charge on any atom is -0.495 e. The highest BCUT2D eigenvalue weighted by atomic mass is 35.5. The summed E-state index contributed by atoms with van der Waals surface area (Å²) in [4.78, 5) is 0. The van der Waals surface area contributed by atoms with Gasteiger partial charge < -0.3 is 4.74 Å². The maximum atomic E-state index is 12.8. The number of nitrogens with zero attached hydrogens (tertiary/aromatic N) is 1. The number of nitriles is 1. The van der Waals surface area contributed by atoms with E-state index in [2.05, 4.69) is 0 Å². The molecule has 0 aliphatic carbocycles. The van der Waals surface area contributed by atoms with Gasteiger partial charge in [0.1, 0.15) is 17.6 Å². The summed E-state index contributed by atoms with van der Waals surface area (Å²) in [5.41, 5.74) is 0.226. The predicted molar refractivity (Wildman–Crippen MR) is 42.7 cm³/mol. The minimum atomic E-state index is -0.590. The van der Waals surface area contributed by atoms with Crippen molar-refractivity contribution in [2.24, 2.45) is 0 Å². The van der Waals surface area contributed by atoms with E-state index in [0.717, 1.165) is 6.07 Å². The fraction of sp³-hybridized carbons (Fsp3) is 0.125. The largest absolute Gasteiger partial charge is 0.495 e. The van der Waals surface area contributed by atoms with E-state index >= 15 is 0 Å². The van der Waals surface area contributed by atoms with E-state index in [1.807, 2.05) is 6.07 Å². The molecule has 1 aromatic rings. The third-order valence-corrected chi connectivity index (χ3v) is 1.65. The highest BCUT2D eigenvalue weighted by Crippen LogP contribution is 2.24. The van der Waals surface area contributed by atoms with Crippen LogP contribution in [0.1, 0.15) is 5.56 Å². The number of rotatable bonds is 1. The molecule has 0 aromatic heterocycles. The quantitative estimate of drug-likeness (QED) is 0.673. The van der Waals surface area contributed by atoms with Gasteiger partial charge >= 0.3 is 0 Å². The number of halogens is 2. The van der Waals surface area contributed by atoms with Crippen LogP contribution in [-0.2, 0) is 0 Å². The van der Waals surface area contributed by atoms with Gasteiger partial charge in [0.15, 0.2) is 0 Å². The Morgan fingerprint density at radius 1 is 1.58 bits per heavy atom. The van der Waals surface area contributed by atoms with E-state index in [4.69, 9.17) is 21.6 Å². The molecule has 0 saturated heterocycles. The van der Waals surface area contributed by atoms with Gasteiger partial charge in [-0.05, 0) is 6.07 Å². The van der Waals surface area contributed by atoms with Crippen LogP contribution in [-0.4, -0.2) is 7.11 Å². The molecule has 4 heteroatoms. The van der Waals surface area contributed by atoms with Crippen molar-refractivity contribution in [2.45, 2.75) is 0 Å². The van der Waals surface area contributed by atoms with Gasteiger partial charge in [-0.3, -0.25) is 0 Å². The SMILES string of the molecule is COc1cc(F)c(Cl)cc1C#N. The van der Waals surface area contributed by atoms with E-state index in [1.54, 1.807) is 0 Å². The van der Waals surface area contributed by atoms with E-state index in [9.17, 15) is 4.39 Å². The highest BCUT2D eigenvalue weighted by molar-refractivity contribution is 6.30. The summed E-state index contributed by atoms with van der Waals surface area (Å²) in [6, 6.07) is 4.15. The van der Waals surface area contributed by atoms with Crippen molar-refractivity contribution < 1.29 is 9.13 Å². The number of hydrogen-bond acceptors (Lipinski definition) is 2. The molecular weight excluding hydrogens is 181 g/mol. The Morgan fingerprint density at radius 2 is 2.25 bits per heavy atom. The second-order valence-corrected chi connectivity index (χ2v) is 2.49. The molecule has 0 amide bonds. The van der Waals surface area contributed by atoms with Gasteiger partial charge in [-0.15, -0.1) is 0 Å². The summed E-state index contributed by atoms with van der Waals surface area (Å²) < 4.78 is 17.5. The molecule has 0 fully saturated rings. The molecule has 0 heterocycles. The lowest BCUT2D eigenvalue weighted by Crippen LogP contribution is -1.89. The Balaban J connectivity index is 3.31. The summed E-state index contributed by atoms with van der Waals surface area (Å²) in [6.07, 6.45) is 0. The molecular formula is C8H5ClFNO. The first-order chi connectivity index (χ1) is 5.69. The van der Waals surface area contributed by atoms with Crippen molar-refractivity contribution in [3.8, 4) is 11.8 Å². The molecule has 0 atom stereocenters. The highest BCUT2D eigenvalue weighted by Gasteiger charge is 2.07. The second kappa shape index (κ2) is 3.42. The first-order valence-electron chi connectivity index (χ1n) is 3.12. The van der Waals surface area contributed by atoms with Crippen LogP contribution in [0.4, 0.5) is 4.39 Å². The van der Waals surface area contributed by atoms with Gasteiger partial charge in [0.05, 0.1) is 17.7 Å². The van der Waals surface area contributed by atoms with Crippen LogP contribution < -0.4 is 4.74 Å². The Labute approximate surface area is 74.1 Å². The topological polar surface area (TPSA) is 33.0 Å². The zero-order chi connectivity index (χ0) is 9.14. The molecule has 0 saturated carbocycles. The Kier molecular flexibility index (Phi) is 2.51. The van der Waals surface area contributed by atoms with Crippen molar-refractivity contribution in [3.63, 3.8) is 0 Å². The molecule has 0 radical (unpaired) electrons. The molecule has 1 aromatic carbocycles. The molecule has 0 spiro atoms. The molecule has 0 N–H and O–H groups in total. The lowest BCUT2D eigenvalue weighted by atomic mass is 10.2. The maximum absolute atomic E-state index is 12.8. The summed E-state index contributed by atoms with van der Waals surface area (Å²) in [5, 5.41) is 8.48. The van der Waals surface area contributed by atoms with Crippen LogP contribution in [0.15, 0.2) is 12.1 Å². The molecule has 0 unspecified atom stereocenters. The molecule has 0 aliphatic heterocycles. The van der Waals surface area contributed by atoms with Gasteiger partial charge in [-0.2, -0.15) is 5.26 Å². The fourth-order valence-corrected chi connectivity index (χ4v) is 0.949. The van der Waals surface area contributed by atoms with Crippen LogP contribution in [0.3, 0.4) is 0 Å². The summed E-state index contributed by atoms with van der Waals surface area (Å²) in [6.45, 7) is 0. The Hall–Kier alpha value is -1.27. The lowest BCUT2D eigenvalue weighted by molar-refractivity contribution is 0.410. The first-order valence-corrected chi connectivity index (χ1v) is 3.50.